The fraction of sp³-hybridized carbons (Fsp3) is 0.852. The lowest BCUT2D eigenvalue weighted by Gasteiger charge is -2.16. The van der Waals surface area contributed by atoms with Crippen LogP contribution in [0, 0.1) is 10.8 Å². The molecular formula is C27H49NO4. The van der Waals surface area contributed by atoms with E-state index in [1.165, 1.54) is 0 Å². The molecule has 1 N–H and O–H groups in total. The molecule has 1 amide bonds. The number of carbonyl (C=O) groups excluding carboxylic acids is 4. The molecule has 0 aromatic rings. The van der Waals surface area contributed by atoms with Gasteiger partial charge in [0.15, 0.2) is 0 Å². The predicted molar refractivity (Wildman–Crippen MR) is 132 cm³/mol. The van der Waals surface area contributed by atoms with Crippen molar-refractivity contribution in [3.05, 3.63) is 0 Å². The van der Waals surface area contributed by atoms with Crippen LogP contribution in [0.4, 0.5) is 0 Å². The van der Waals surface area contributed by atoms with Gasteiger partial charge in [-0.1, -0.05) is 60.8 Å². The van der Waals surface area contributed by atoms with Crippen molar-refractivity contribution >= 4 is 23.3 Å². The first-order valence-corrected chi connectivity index (χ1v) is 12.7. The van der Waals surface area contributed by atoms with Crippen LogP contribution in [-0.4, -0.2) is 29.8 Å². The first-order valence-electron chi connectivity index (χ1n) is 12.7. The molecule has 0 radical (unpaired) electrons. The van der Waals surface area contributed by atoms with Crippen LogP contribution >= 0.6 is 0 Å². The molecule has 5 heteroatoms. The lowest BCUT2D eigenvalue weighted by atomic mass is 9.88. The average molecular weight is 452 g/mol. The molecule has 0 atom stereocenters. The average Bonchev–Trinajstić information content (AvgIpc) is 2.68. The van der Waals surface area contributed by atoms with Crippen LogP contribution in [0.5, 0.6) is 0 Å². The molecule has 0 saturated heterocycles. The van der Waals surface area contributed by atoms with Crippen molar-refractivity contribution in [2.24, 2.45) is 10.8 Å². The summed E-state index contributed by atoms with van der Waals surface area (Å²) in [6.07, 6.45) is 10.9. The van der Waals surface area contributed by atoms with Gasteiger partial charge >= 0.3 is 0 Å². The van der Waals surface area contributed by atoms with E-state index in [0.717, 1.165) is 57.8 Å². The number of carbonyl (C=O) groups is 4. The van der Waals surface area contributed by atoms with Crippen molar-refractivity contribution in [2.75, 3.05) is 6.54 Å². The molecular weight excluding hydrogens is 402 g/mol. The number of nitrogens with one attached hydrogen (secondary N) is 1. The van der Waals surface area contributed by atoms with Gasteiger partial charge in [-0.3, -0.25) is 19.2 Å². The Balaban J connectivity index is 3.55. The lowest BCUT2D eigenvalue weighted by molar-refractivity contribution is -0.127. The minimum Gasteiger partial charge on any atom is -0.356 e. The van der Waals surface area contributed by atoms with Crippen LogP contribution in [-0.2, 0) is 19.2 Å². The highest BCUT2D eigenvalue weighted by Gasteiger charge is 2.20. The van der Waals surface area contributed by atoms with E-state index in [4.69, 9.17) is 0 Å². The normalized spacial score (nSPS) is 11.9. The molecule has 0 aliphatic carbocycles. The summed E-state index contributed by atoms with van der Waals surface area (Å²) in [7, 11) is 0. The van der Waals surface area contributed by atoms with Crippen molar-refractivity contribution in [3.63, 3.8) is 0 Å². The fourth-order valence-electron chi connectivity index (χ4n) is 3.35. The number of Topliss-reactive ketones (excluding diaryl/α,β-unsaturated/α-hetero) is 3. The summed E-state index contributed by atoms with van der Waals surface area (Å²) in [5, 5.41) is 2.93. The van der Waals surface area contributed by atoms with Gasteiger partial charge in [0.05, 0.1) is 0 Å². The van der Waals surface area contributed by atoms with Gasteiger partial charge in [0, 0.05) is 49.5 Å². The quantitative estimate of drug-likeness (QED) is 0.246. The number of hydrogen-bond acceptors (Lipinski definition) is 4. The first-order chi connectivity index (χ1) is 14.8. The van der Waals surface area contributed by atoms with Gasteiger partial charge < -0.3 is 5.32 Å². The van der Waals surface area contributed by atoms with Crippen molar-refractivity contribution in [1.29, 1.82) is 0 Å². The third-order valence-corrected chi connectivity index (χ3v) is 5.79. The van der Waals surface area contributed by atoms with Crippen LogP contribution in [0.15, 0.2) is 0 Å². The third kappa shape index (κ3) is 17.1. The first kappa shape index (κ1) is 30.5. The summed E-state index contributed by atoms with van der Waals surface area (Å²) in [6.45, 7) is 12.4. The van der Waals surface area contributed by atoms with Crippen molar-refractivity contribution in [1.82, 2.24) is 5.32 Å². The van der Waals surface area contributed by atoms with E-state index in [1.54, 1.807) is 0 Å². The predicted octanol–water partition coefficient (Wildman–Crippen LogP) is 6.36. The second kappa shape index (κ2) is 16.1. The van der Waals surface area contributed by atoms with E-state index in [9.17, 15) is 19.2 Å². The zero-order chi connectivity index (χ0) is 24.6. The lowest BCUT2D eigenvalue weighted by Crippen LogP contribution is -2.24. The summed E-state index contributed by atoms with van der Waals surface area (Å²) >= 11 is 0. The molecule has 0 spiro atoms. The maximum atomic E-state index is 12.0. The zero-order valence-corrected chi connectivity index (χ0v) is 21.7. The Hall–Kier alpha value is -1.52. The highest BCUT2D eigenvalue weighted by Crippen LogP contribution is 2.19. The van der Waals surface area contributed by atoms with Gasteiger partial charge in [-0.05, 0) is 38.5 Å². The van der Waals surface area contributed by atoms with E-state index >= 15 is 0 Å². The van der Waals surface area contributed by atoms with Gasteiger partial charge in [0.2, 0.25) is 5.91 Å². The summed E-state index contributed by atoms with van der Waals surface area (Å²) in [5.74, 6) is 0.933. The van der Waals surface area contributed by atoms with Gasteiger partial charge in [-0.15, -0.1) is 0 Å². The largest absolute Gasteiger partial charge is 0.356 e. The molecule has 0 rings (SSSR count). The summed E-state index contributed by atoms with van der Waals surface area (Å²) in [4.78, 5) is 47.5. The topological polar surface area (TPSA) is 80.3 Å². The fourth-order valence-corrected chi connectivity index (χ4v) is 3.35. The molecule has 0 aromatic carbocycles. The Labute approximate surface area is 196 Å². The second-order valence-electron chi connectivity index (χ2n) is 11.2. The van der Waals surface area contributed by atoms with E-state index in [-0.39, 0.29) is 22.5 Å². The van der Waals surface area contributed by atoms with Crippen LogP contribution in [0.2, 0.25) is 0 Å². The van der Waals surface area contributed by atoms with Gasteiger partial charge in [0.25, 0.3) is 0 Å². The molecule has 0 saturated carbocycles. The van der Waals surface area contributed by atoms with E-state index in [1.807, 2.05) is 41.5 Å². The maximum Gasteiger partial charge on any atom is 0.219 e. The second-order valence-corrected chi connectivity index (χ2v) is 11.2. The van der Waals surface area contributed by atoms with E-state index < -0.39 is 0 Å². The number of hydrogen-bond donors (Lipinski definition) is 1. The van der Waals surface area contributed by atoms with Crippen LogP contribution in [0.25, 0.3) is 0 Å². The minimum atomic E-state index is -0.261. The number of ketones is 3. The Morgan fingerprint density at radius 1 is 0.500 bits per heavy atom. The zero-order valence-electron chi connectivity index (χ0n) is 21.7. The highest BCUT2D eigenvalue weighted by atomic mass is 16.2. The van der Waals surface area contributed by atoms with E-state index in [0.29, 0.717) is 50.2 Å². The summed E-state index contributed by atoms with van der Waals surface area (Å²) < 4.78 is 0. The Kier molecular flexibility index (Phi) is 15.4. The molecule has 0 unspecified atom stereocenters. The van der Waals surface area contributed by atoms with E-state index in [2.05, 4.69) is 5.32 Å². The molecule has 0 aromatic heterocycles. The Morgan fingerprint density at radius 2 is 0.875 bits per heavy atom. The summed E-state index contributed by atoms with van der Waals surface area (Å²) in [6, 6.07) is 0. The molecule has 0 aliphatic rings. The Bertz CT molecular complexity index is 529. The molecule has 0 fully saturated rings. The molecule has 0 heterocycles. The highest BCUT2D eigenvalue weighted by molar-refractivity contribution is 5.84. The van der Waals surface area contributed by atoms with Gasteiger partial charge in [-0.25, -0.2) is 0 Å². The number of unbranched alkanes of at least 4 members (excludes halogenated alkanes) is 6. The van der Waals surface area contributed by atoms with Crippen molar-refractivity contribution in [2.45, 2.75) is 131 Å². The molecule has 0 aliphatic heterocycles. The van der Waals surface area contributed by atoms with Crippen LogP contribution < -0.4 is 5.32 Å². The Morgan fingerprint density at radius 3 is 1.34 bits per heavy atom. The standard InChI is InChI=1S/C27H49NO4/c1-26(2,3)23(30)18-11-8-7-10-16-22(29)17-13-14-20-25(32)28-21-15-9-12-19-24(31)27(4,5)6/h7-21H2,1-6H3,(H,28,32). The SMILES string of the molecule is CC(C)(C)C(=O)CCCCCCC(=O)CCCCC(=O)NCCCCCC(=O)C(C)(C)C. The van der Waals surface area contributed by atoms with Gasteiger partial charge in [0.1, 0.15) is 17.3 Å². The molecule has 0 bridgehead atoms. The summed E-state index contributed by atoms with van der Waals surface area (Å²) in [5.41, 5.74) is -0.510. The molecule has 5 nitrogen and oxygen atoms in total. The van der Waals surface area contributed by atoms with Crippen molar-refractivity contribution < 1.29 is 19.2 Å². The molecule has 186 valence electrons. The van der Waals surface area contributed by atoms with Gasteiger partial charge in [-0.2, -0.15) is 0 Å². The molecule has 32 heavy (non-hydrogen) atoms. The number of rotatable bonds is 18. The van der Waals surface area contributed by atoms with Crippen LogP contribution in [0.3, 0.4) is 0 Å². The smallest absolute Gasteiger partial charge is 0.219 e. The monoisotopic (exact) mass is 451 g/mol. The number of amides is 1. The van der Waals surface area contributed by atoms with Crippen LogP contribution in [0.1, 0.15) is 131 Å². The van der Waals surface area contributed by atoms with Crippen molar-refractivity contribution in [3.8, 4) is 0 Å². The maximum absolute atomic E-state index is 12.0. The third-order valence-electron chi connectivity index (χ3n) is 5.79. The minimum absolute atomic E-state index is 0.0491.